The van der Waals surface area contributed by atoms with Crippen LogP contribution in [0.3, 0.4) is 0 Å². The Labute approximate surface area is 245 Å². The van der Waals surface area contributed by atoms with E-state index in [-0.39, 0.29) is 11.3 Å². The number of hydrogen-bond acceptors (Lipinski definition) is 8. The Balaban J connectivity index is 2.44. The number of hydrogen-bond donors (Lipinski definition) is 1. The van der Waals surface area contributed by atoms with Gasteiger partial charge >= 0.3 is 27.3 Å². The molecule has 1 unspecified atom stereocenters. The number of rotatable bonds is 7. The molecule has 0 spiro atoms. The lowest BCUT2D eigenvalue weighted by Crippen LogP contribution is -2.42. The normalized spacial score (nSPS) is 12.7. The van der Waals surface area contributed by atoms with E-state index in [9.17, 15) is 36.9 Å². The molecule has 2 aromatic carbocycles. The number of halogens is 6. The van der Waals surface area contributed by atoms with Gasteiger partial charge in [0.1, 0.15) is 11.3 Å². The van der Waals surface area contributed by atoms with E-state index in [2.05, 4.69) is 4.74 Å². The maximum Gasteiger partial charge on any atom is 0.405 e. The zero-order chi connectivity index (χ0) is 26.2. The molecule has 1 N–H and O–H groups in total. The Bertz CT molecular complexity index is 1280. The summed E-state index contributed by atoms with van der Waals surface area (Å²) in [7, 11) is -5.94. The largest absolute Gasteiger partial charge is 0.451 e. The molecule has 0 aromatic heterocycles. The van der Waals surface area contributed by atoms with Crippen LogP contribution in [0.15, 0.2) is 24.3 Å². The van der Waals surface area contributed by atoms with Gasteiger partial charge in [-0.15, -0.1) is 0 Å². The van der Waals surface area contributed by atoms with Crippen LogP contribution in [0.5, 0.6) is 5.75 Å². The topological polar surface area (TPSA) is 150 Å². The number of nitrogens with zero attached hydrogens (tertiary/aromatic N) is 1. The van der Waals surface area contributed by atoms with Crippen molar-refractivity contribution in [2.45, 2.75) is 18.3 Å². The van der Waals surface area contributed by atoms with Crippen molar-refractivity contribution in [3.8, 4) is 5.75 Å². The van der Waals surface area contributed by atoms with Crippen LogP contribution in [0.4, 0.5) is 14.5 Å². The van der Waals surface area contributed by atoms with Gasteiger partial charge in [-0.1, -0.05) is 0 Å². The minimum Gasteiger partial charge on any atom is -0.451 e. The minimum atomic E-state index is -5.94. The maximum atomic E-state index is 13.7. The number of alkyl halides is 2. The Morgan fingerprint density at radius 1 is 1.09 bits per heavy atom. The molecule has 0 amide bonds. The van der Waals surface area contributed by atoms with Gasteiger partial charge < -0.3 is 9.47 Å². The minimum absolute atomic E-state index is 0.210. The van der Waals surface area contributed by atoms with Gasteiger partial charge in [0, 0.05) is 26.4 Å². The lowest BCUT2D eigenvalue weighted by atomic mass is 10.1. The molecular weight excluding hydrogens is 940 g/mol. The van der Waals surface area contributed by atoms with Crippen molar-refractivity contribution in [3.63, 3.8) is 0 Å². The van der Waals surface area contributed by atoms with E-state index in [4.69, 9.17) is 9.29 Å². The lowest BCUT2D eigenvalue weighted by Gasteiger charge is -2.20. The monoisotopic (exact) mass is 949 g/mol. The fourth-order valence-corrected chi connectivity index (χ4v) is 6.35. The third-order valence-electron chi connectivity index (χ3n) is 4.01. The second-order valence-electron chi connectivity index (χ2n) is 6.25. The van der Waals surface area contributed by atoms with Gasteiger partial charge in [0.2, 0.25) is 0 Å². The summed E-state index contributed by atoms with van der Waals surface area (Å²) in [6.07, 6.45) is -2.70. The highest BCUT2D eigenvalue weighted by atomic mass is 127. The number of esters is 2. The van der Waals surface area contributed by atoms with E-state index in [0.29, 0.717) is 14.1 Å². The molecule has 184 valence electrons. The van der Waals surface area contributed by atoms with Crippen LogP contribution in [0.2, 0.25) is 0 Å². The van der Waals surface area contributed by atoms with Gasteiger partial charge in [0.25, 0.3) is 5.69 Å². The van der Waals surface area contributed by atoms with Crippen molar-refractivity contribution in [2.75, 3.05) is 0 Å². The molecule has 0 aliphatic carbocycles. The van der Waals surface area contributed by atoms with Crippen LogP contribution in [0.25, 0.3) is 0 Å². The Morgan fingerprint density at radius 3 is 2.09 bits per heavy atom. The third-order valence-corrected chi connectivity index (χ3v) is 11.0. The summed E-state index contributed by atoms with van der Waals surface area (Å²) < 4.78 is 70.1. The van der Waals surface area contributed by atoms with Crippen molar-refractivity contribution in [1.82, 2.24) is 0 Å². The van der Waals surface area contributed by atoms with Crippen molar-refractivity contribution < 1.29 is 45.7 Å². The Kier molecular flexibility index (Phi) is 9.82. The first-order valence-electron chi connectivity index (χ1n) is 8.38. The lowest BCUT2D eigenvalue weighted by molar-refractivity contribution is -0.385. The third kappa shape index (κ3) is 6.42. The fraction of sp³-hybridized carbons (Fsp3) is 0.176. The summed E-state index contributed by atoms with van der Waals surface area (Å²) in [5.41, 5.74) is -1.54. The van der Waals surface area contributed by atoms with Crippen molar-refractivity contribution >= 4 is 118 Å². The number of carbonyl (C=O) groups is 2. The van der Waals surface area contributed by atoms with Gasteiger partial charge in [0.05, 0.1) is 10.5 Å². The van der Waals surface area contributed by atoms with Gasteiger partial charge in [-0.2, -0.15) is 17.2 Å². The standard InChI is InChI=1S/C17H9F2I4NO9S/c1-6(17(18,19)34(29,30)31)32-15(25)8-4-7(2-3-11(8)24(27)28)33-16(26)12-13(22)9(20)5-10(21)14(12)23/h2-6H,1H3,(H,29,30,31). The number of nitro groups is 1. The smallest absolute Gasteiger partial charge is 0.405 e. The zero-order valence-electron chi connectivity index (χ0n) is 16.2. The average molecular weight is 949 g/mol. The highest BCUT2D eigenvalue weighted by molar-refractivity contribution is 14.1. The van der Waals surface area contributed by atoms with Crippen LogP contribution in [-0.2, 0) is 14.9 Å². The predicted octanol–water partition coefficient (Wildman–Crippen LogP) is 5.26. The summed E-state index contributed by atoms with van der Waals surface area (Å²) >= 11 is 7.93. The average Bonchev–Trinajstić information content (AvgIpc) is 2.71. The molecule has 0 bridgehead atoms. The number of nitro benzene ring substituents is 1. The van der Waals surface area contributed by atoms with E-state index in [0.717, 1.165) is 25.3 Å². The second kappa shape index (κ2) is 11.2. The molecule has 2 rings (SSSR count). The highest BCUT2D eigenvalue weighted by Gasteiger charge is 2.52. The molecule has 0 fully saturated rings. The van der Waals surface area contributed by atoms with E-state index < -0.39 is 49.6 Å². The summed E-state index contributed by atoms with van der Waals surface area (Å²) in [5, 5.41) is 6.41. The molecule has 0 aliphatic heterocycles. The maximum absolute atomic E-state index is 13.7. The second-order valence-corrected chi connectivity index (χ2v) is 12.2. The van der Waals surface area contributed by atoms with Crippen molar-refractivity contribution in [2.24, 2.45) is 0 Å². The van der Waals surface area contributed by atoms with Crippen LogP contribution >= 0.6 is 90.4 Å². The molecule has 1 atom stereocenters. The molecule has 10 nitrogen and oxygen atoms in total. The van der Waals surface area contributed by atoms with Gasteiger partial charge in [0.15, 0.2) is 6.10 Å². The van der Waals surface area contributed by atoms with E-state index >= 15 is 0 Å². The predicted molar refractivity (Wildman–Crippen MR) is 147 cm³/mol. The molecule has 0 saturated carbocycles. The highest BCUT2D eigenvalue weighted by Crippen LogP contribution is 2.32. The van der Waals surface area contributed by atoms with E-state index in [1.165, 1.54) is 0 Å². The molecule has 34 heavy (non-hydrogen) atoms. The first-order chi connectivity index (χ1) is 15.5. The Morgan fingerprint density at radius 2 is 1.62 bits per heavy atom. The molecule has 0 heterocycles. The van der Waals surface area contributed by atoms with Crippen LogP contribution in [0.1, 0.15) is 27.6 Å². The first-order valence-corrected chi connectivity index (χ1v) is 14.1. The summed E-state index contributed by atoms with van der Waals surface area (Å²) in [4.78, 5) is 35.5. The van der Waals surface area contributed by atoms with Crippen LogP contribution in [0, 0.1) is 24.4 Å². The van der Waals surface area contributed by atoms with E-state index in [1.807, 2.05) is 96.4 Å². The number of ether oxygens (including phenoxy) is 2. The first kappa shape index (κ1) is 29.7. The van der Waals surface area contributed by atoms with Gasteiger partial charge in [-0.25, -0.2) is 9.59 Å². The summed E-state index contributed by atoms with van der Waals surface area (Å²) in [5.74, 6) is -2.88. The van der Waals surface area contributed by atoms with Crippen molar-refractivity contribution in [3.05, 3.63) is 59.8 Å². The SMILES string of the molecule is CC(OC(=O)c1cc(OC(=O)c2c(I)c(I)cc(I)c2I)ccc1[N+](=O)[O-])C(F)(F)S(=O)(=O)O. The zero-order valence-corrected chi connectivity index (χ0v) is 25.7. The molecule has 0 saturated heterocycles. The van der Waals surface area contributed by atoms with Gasteiger partial charge in [-0.05, 0) is 109 Å². The van der Waals surface area contributed by atoms with Crippen LogP contribution < -0.4 is 4.74 Å². The van der Waals surface area contributed by atoms with E-state index in [1.54, 1.807) is 0 Å². The molecule has 2 aromatic rings. The van der Waals surface area contributed by atoms with Crippen molar-refractivity contribution in [1.29, 1.82) is 0 Å². The van der Waals surface area contributed by atoms with Gasteiger partial charge in [-0.3, -0.25) is 14.7 Å². The molecule has 0 radical (unpaired) electrons. The van der Waals surface area contributed by atoms with Crippen LogP contribution in [-0.4, -0.2) is 41.2 Å². The molecule has 0 aliphatic rings. The summed E-state index contributed by atoms with van der Waals surface area (Å²) in [6, 6.07) is 4.38. The Hall–Kier alpha value is -0.530. The summed E-state index contributed by atoms with van der Waals surface area (Å²) in [6.45, 7) is 0.476. The number of carbonyl (C=O) groups excluding carboxylic acids is 2. The fourth-order valence-electron chi connectivity index (χ4n) is 2.31. The molecular formula is C17H9F2I4NO9S. The molecule has 17 heteroatoms. The number of benzene rings is 2. The quantitative estimate of drug-likeness (QED) is 0.0747.